The summed E-state index contributed by atoms with van der Waals surface area (Å²) in [4.78, 5) is 24.7. The molecule has 6 nitrogen and oxygen atoms in total. The second-order valence-corrected chi connectivity index (χ2v) is 7.36. The van der Waals surface area contributed by atoms with Crippen molar-refractivity contribution in [1.82, 2.24) is 0 Å². The van der Waals surface area contributed by atoms with Gasteiger partial charge in [-0.25, -0.2) is 4.39 Å². The Hall–Kier alpha value is -2.98. The molecule has 0 bridgehead atoms. The lowest BCUT2D eigenvalue weighted by atomic mass is 9.72. The van der Waals surface area contributed by atoms with E-state index in [1.54, 1.807) is 6.92 Å². The summed E-state index contributed by atoms with van der Waals surface area (Å²) in [6, 6.07) is 4.92. The number of fused-ring (bicyclic) bond motifs is 1. The number of hydrogen-bond acceptors (Lipinski definition) is 6. The highest BCUT2D eigenvalue weighted by Gasteiger charge is 2.54. The summed E-state index contributed by atoms with van der Waals surface area (Å²) in [6.45, 7) is 6.95. The summed E-state index contributed by atoms with van der Waals surface area (Å²) in [5.74, 6) is -2.49. The van der Waals surface area contributed by atoms with E-state index < -0.39 is 29.1 Å². The van der Waals surface area contributed by atoms with Crippen LogP contribution in [0.4, 0.5) is 4.39 Å². The molecule has 1 aromatic rings. The number of rotatable bonds is 6. The van der Waals surface area contributed by atoms with Crippen molar-refractivity contribution in [2.24, 2.45) is 11.8 Å². The van der Waals surface area contributed by atoms with Crippen LogP contribution in [0.25, 0.3) is 0 Å². The molecule has 7 heteroatoms. The molecular weight excluding hydrogens is 377 g/mol. The largest absolute Gasteiger partial charge is 0.469 e. The Morgan fingerprint density at radius 1 is 1.55 bits per heavy atom. The maximum Gasteiger partial charge on any atom is 0.317 e. The first kappa shape index (κ1) is 20.7. The zero-order chi connectivity index (χ0) is 21.2. The van der Waals surface area contributed by atoms with Gasteiger partial charge in [0.05, 0.1) is 11.6 Å². The number of nitriles is 1. The van der Waals surface area contributed by atoms with E-state index in [0.717, 1.165) is 0 Å². The molecule has 1 aromatic carbocycles. The van der Waals surface area contributed by atoms with Crippen LogP contribution in [0, 0.1) is 35.9 Å². The summed E-state index contributed by atoms with van der Waals surface area (Å²) >= 11 is 0. The quantitative estimate of drug-likeness (QED) is 0.415. The molecule has 3 atom stereocenters. The second kappa shape index (κ2) is 8.18. The van der Waals surface area contributed by atoms with Gasteiger partial charge in [0.25, 0.3) is 0 Å². The van der Waals surface area contributed by atoms with Gasteiger partial charge < -0.3 is 14.2 Å². The number of carbonyl (C=O) groups excluding carboxylic acids is 2. The van der Waals surface area contributed by atoms with Gasteiger partial charge in [-0.1, -0.05) is 19.6 Å². The molecule has 3 rings (SSSR count). The fourth-order valence-corrected chi connectivity index (χ4v) is 3.86. The molecule has 0 N–H and O–H groups in total. The smallest absolute Gasteiger partial charge is 0.317 e. The van der Waals surface area contributed by atoms with Crippen LogP contribution in [0.15, 0.2) is 36.6 Å². The third kappa shape index (κ3) is 3.81. The van der Waals surface area contributed by atoms with Crippen LogP contribution in [0.5, 0.6) is 0 Å². The molecular formula is C22H22FNO5. The van der Waals surface area contributed by atoms with Crippen molar-refractivity contribution in [3.05, 3.63) is 59.1 Å². The molecule has 0 amide bonds. The molecule has 1 fully saturated rings. The molecule has 1 saturated heterocycles. The number of carbonyl (C=O) groups is 2. The van der Waals surface area contributed by atoms with Crippen LogP contribution < -0.4 is 0 Å². The number of hydrogen-bond donors (Lipinski definition) is 0. The van der Waals surface area contributed by atoms with E-state index in [1.807, 2.05) is 6.92 Å². The van der Waals surface area contributed by atoms with Crippen LogP contribution in [-0.2, 0) is 30.2 Å². The highest BCUT2D eigenvalue weighted by molar-refractivity contribution is 6.06. The molecule has 0 aromatic heterocycles. The molecule has 2 aliphatic rings. The van der Waals surface area contributed by atoms with Gasteiger partial charge in [-0.2, -0.15) is 5.26 Å². The minimum absolute atomic E-state index is 0.00457. The van der Waals surface area contributed by atoms with E-state index in [2.05, 4.69) is 12.6 Å². The molecule has 0 unspecified atom stereocenters. The number of nitrogens with zero attached hydrogens (tertiary/aromatic N) is 1. The highest BCUT2D eigenvalue weighted by atomic mass is 19.1. The third-order valence-corrected chi connectivity index (χ3v) is 5.54. The van der Waals surface area contributed by atoms with Crippen molar-refractivity contribution in [1.29, 1.82) is 5.26 Å². The molecule has 152 valence electrons. The molecule has 1 aliphatic carbocycles. The second-order valence-electron chi connectivity index (χ2n) is 7.36. The number of ketones is 1. The molecule has 1 heterocycles. The van der Waals surface area contributed by atoms with Gasteiger partial charge in [-0.05, 0) is 42.5 Å². The first-order chi connectivity index (χ1) is 13.8. The van der Waals surface area contributed by atoms with Crippen LogP contribution in [0.1, 0.15) is 30.0 Å². The van der Waals surface area contributed by atoms with Gasteiger partial charge in [0.2, 0.25) is 0 Å². The zero-order valence-corrected chi connectivity index (χ0v) is 16.4. The Morgan fingerprint density at radius 2 is 2.31 bits per heavy atom. The van der Waals surface area contributed by atoms with Crippen molar-refractivity contribution in [2.45, 2.75) is 32.3 Å². The Bertz CT molecular complexity index is 932. The Kier molecular flexibility index (Phi) is 5.85. The topological polar surface area (TPSA) is 85.6 Å². The summed E-state index contributed by atoms with van der Waals surface area (Å²) < 4.78 is 30.9. The highest BCUT2D eigenvalue weighted by Crippen LogP contribution is 2.46. The van der Waals surface area contributed by atoms with Gasteiger partial charge in [-0.3, -0.25) is 9.59 Å². The van der Waals surface area contributed by atoms with Crippen LogP contribution >= 0.6 is 0 Å². The van der Waals surface area contributed by atoms with E-state index in [1.165, 1.54) is 24.3 Å². The fourth-order valence-electron chi connectivity index (χ4n) is 3.86. The molecule has 0 radical (unpaired) electrons. The SMILES string of the molecule is C=CCOC(=O)[C@@H]1C[C@]2([C@@H](C)Cc3cc(C#N)c(C)cc3F)OCOC2=CC1=O. The van der Waals surface area contributed by atoms with Crippen molar-refractivity contribution >= 4 is 11.8 Å². The lowest BCUT2D eigenvalue weighted by Crippen LogP contribution is -2.47. The van der Waals surface area contributed by atoms with Gasteiger partial charge in [0.1, 0.15) is 29.7 Å². The van der Waals surface area contributed by atoms with Crippen molar-refractivity contribution in [2.75, 3.05) is 13.4 Å². The summed E-state index contributed by atoms with van der Waals surface area (Å²) in [6.07, 6.45) is 2.99. The lowest BCUT2D eigenvalue weighted by Gasteiger charge is -2.37. The molecule has 29 heavy (non-hydrogen) atoms. The van der Waals surface area contributed by atoms with E-state index in [0.29, 0.717) is 22.4 Å². The number of halogens is 1. The third-order valence-electron chi connectivity index (χ3n) is 5.54. The van der Waals surface area contributed by atoms with Crippen LogP contribution in [0.3, 0.4) is 0 Å². The van der Waals surface area contributed by atoms with E-state index in [9.17, 15) is 19.2 Å². The van der Waals surface area contributed by atoms with Crippen molar-refractivity contribution in [3.8, 4) is 6.07 Å². The average Bonchev–Trinajstić information content (AvgIpc) is 3.11. The summed E-state index contributed by atoms with van der Waals surface area (Å²) in [5.41, 5.74) is 0.284. The standard InChI is InChI=1S/C22H22FNO5/c1-4-5-27-21(26)17-10-22(20(9-19(17)25)28-12-29-22)14(3)7-15-8-16(11-24)13(2)6-18(15)23/h4,6,8-9,14,17H,1,5,7,10,12H2,2-3H3/t14-,17+,22+/m0/s1. The Labute approximate surface area is 168 Å². The Balaban J connectivity index is 1.90. The van der Waals surface area contributed by atoms with Crippen molar-refractivity contribution < 1.29 is 28.2 Å². The predicted octanol–water partition coefficient (Wildman–Crippen LogP) is 3.13. The maximum atomic E-state index is 14.5. The van der Waals surface area contributed by atoms with Gasteiger partial charge in [0, 0.05) is 12.5 Å². The van der Waals surface area contributed by atoms with Gasteiger partial charge in [-0.15, -0.1) is 0 Å². The number of ether oxygens (including phenoxy) is 3. The van der Waals surface area contributed by atoms with Crippen LogP contribution in [-0.4, -0.2) is 30.8 Å². The number of esters is 1. The first-order valence-corrected chi connectivity index (χ1v) is 9.31. The number of aryl methyl sites for hydroxylation is 1. The minimum atomic E-state index is -1.05. The van der Waals surface area contributed by atoms with E-state index >= 15 is 0 Å². The van der Waals surface area contributed by atoms with Crippen molar-refractivity contribution in [3.63, 3.8) is 0 Å². The average molecular weight is 399 g/mol. The van der Waals surface area contributed by atoms with Gasteiger partial charge in [0.15, 0.2) is 12.6 Å². The summed E-state index contributed by atoms with van der Waals surface area (Å²) in [7, 11) is 0. The maximum absolute atomic E-state index is 14.5. The van der Waals surface area contributed by atoms with Gasteiger partial charge >= 0.3 is 5.97 Å². The minimum Gasteiger partial charge on any atom is -0.469 e. The zero-order valence-electron chi connectivity index (χ0n) is 16.4. The normalized spacial score (nSPS) is 24.0. The van der Waals surface area contributed by atoms with E-state index in [4.69, 9.17) is 14.2 Å². The van der Waals surface area contributed by atoms with E-state index in [-0.39, 0.29) is 32.2 Å². The molecule has 0 spiro atoms. The van der Waals surface area contributed by atoms with Crippen LogP contribution in [0.2, 0.25) is 0 Å². The predicted molar refractivity (Wildman–Crippen MR) is 101 cm³/mol. The number of allylic oxidation sites excluding steroid dienone is 1. The lowest BCUT2D eigenvalue weighted by molar-refractivity contribution is -0.154. The summed E-state index contributed by atoms with van der Waals surface area (Å²) in [5, 5.41) is 9.24. The molecule has 1 aliphatic heterocycles. The first-order valence-electron chi connectivity index (χ1n) is 9.31. The monoisotopic (exact) mass is 399 g/mol. The number of benzene rings is 1. The fraction of sp³-hybridized carbons (Fsp3) is 0.409. The Morgan fingerprint density at radius 3 is 3.00 bits per heavy atom. The molecule has 0 saturated carbocycles.